The van der Waals surface area contributed by atoms with Crippen molar-refractivity contribution in [2.75, 3.05) is 19.6 Å². The van der Waals surface area contributed by atoms with Gasteiger partial charge in [0.2, 0.25) is 10.0 Å². The maximum atomic E-state index is 12.4. The summed E-state index contributed by atoms with van der Waals surface area (Å²) in [7, 11) is -3.48. The van der Waals surface area contributed by atoms with Gasteiger partial charge in [0, 0.05) is 13.1 Å². The summed E-state index contributed by atoms with van der Waals surface area (Å²) in [6.07, 6.45) is 0.925. The Morgan fingerprint density at radius 2 is 1.95 bits per heavy atom. The van der Waals surface area contributed by atoms with Gasteiger partial charge in [-0.15, -0.1) is 0 Å². The van der Waals surface area contributed by atoms with Crippen LogP contribution < -0.4 is 10.0 Å². The van der Waals surface area contributed by atoms with E-state index in [1.165, 1.54) is 0 Å². The molecule has 0 aliphatic rings. The van der Waals surface area contributed by atoms with Crippen molar-refractivity contribution in [3.05, 3.63) is 11.4 Å². The molecule has 1 rings (SSSR count). The van der Waals surface area contributed by atoms with E-state index in [1.54, 1.807) is 11.6 Å². The van der Waals surface area contributed by atoms with Gasteiger partial charge >= 0.3 is 0 Å². The van der Waals surface area contributed by atoms with E-state index >= 15 is 0 Å². The molecule has 0 saturated carbocycles. The van der Waals surface area contributed by atoms with E-state index in [-0.39, 0.29) is 5.92 Å². The molecule has 0 aliphatic carbocycles. The smallest absolute Gasteiger partial charge is 0.244 e. The fourth-order valence-electron chi connectivity index (χ4n) is 2.17. The van der Waals surface area contributed by atoms with Crippen molar-refractivity contribution < 1.29 is 8.42 Å². The van der Waals surface area contributed by atoms with Gasteiger partial charge in [0.15, 0.2) is 0 Å². The van der Waals surface area contributed by atoms with Gasteiger partial charge in [0.1, 0.15) is 4.90 Å². The van der Waals surface area contributed by atoms with Crippen LogP contribution in [-0.2, 0) is 16.6 Å². The number of aromatic nitrogens is 2. The van der Waals surface area contributed by atoms with E-state index in [0.717, 1.165) is 26.1 Å². The monoisotopic (exact) mass is 316 g/mol. The zero-order chi connectivity index (χ0) is 16.0. The molecule has 0 aliphatic heterocycles. The SMILES string of the molecule is CCNCCCn1nc(C)c(S(=O)(=O)NCC(C)C)c1C. The van der Waals surface area contributed by atoms with Gasteiger partial charge in [0.25, 0.3) is 0 Å². The van der Waals surface area contributed by atoms with Crippen LogP contribution in [0.4, 0.5) is 0 Å². The van der Waals surface area contributed by atoms with Crippen LogP contribution in [0.25, 0.3) is 0 Å². The highest BCUT2D eigenvalue weighted by Gasteiger charge is 2.24. The summed E-state index contributed by atoms with van der Waals surface area (Å²) in [6.45, 7) is 12.6. The van der Waals surface area contributed by atoms with Gasteiger partial charge in [-0.2, -0.15) is 5.10 Å². The third-order valence-corrected chi connectivity index (χ3v) is 4.91. The van der Waals surface area contributed by atoms with E-state index in [0.29, 0.717) is 22.8 Å². The van der Waals surface area contributed by atoms with E-state index in [4.69, 9.17) is 0 Å². The van der Waals surface area contributed by atoms with Gasteiger partial charge in [-0.1, -0.05) is 20.8 Å². The Hall–Kier alpha value is -0.920. The minimum Gasteiger partial charge on any atom is -0.317 e. The molecule has 0 radical (unpaired) electrons. The van der Waals surface area contributed by atoms with Crippen LogP contribution in [0.2, 0.25) is 0 Å². The minimum atomic E-state index is -3.48. The lowest BCUT2D eigenvalue weighted by molar-refractivity contribution is 0.535. The number of rotatable bonds is 9. The first kappa shape index (κ1) is 18.1. The summed E-state index contributed by atoms with van der Waals surface area (Å²) in [4.78, 5) is 0.326. The zero-order valence-corrected chi connectivity index (χ0v) is 14.5. The maximum absolute atomic E-state index is 12.4. The lowest BCUT2D eigenvalue weighted by atomic mass is 10.2. The molecule has 1 aromatic rings. The van der Waals surface area contributed by atoms with E-state index < -0.39 is 10.0 Å². The lowest BCUT2D eigenvalue weighted by Gasteiger charge is -2.09. The lowest BCUT2D eigenvalue weighted by Crippen LogP contribution is -2.28. The molecule has 1 heterocycles. The predicted molar refractivity (Wildman–Crippen MR) is 84.9 cm³/mol. The predicted octanol–water partition coefficient (Wildman–Crippen LogP) is 1.43. The Morgan fingerprint density at radius 3 is 2.52 bits per heavy atom. The molecule has 0 amide bonds. The number of sulfonamides is 1. The normalized spacial score (nSPS) is 12.3. The molecular formula is C14H28N4O2S. The number of nitrogens with zero attached hydrogens (tertiary/aromatic N) is 2. The molecule has 6 nitrogen and oxygen atoms in total. The minimum absolute atomic E-state index is 0.274. The topological polar surface area (TPSA) is 76.0 Å². The fraction of sp³-hybridized carbons (Fsp3) is 0.786. The third kappa shape index (κ3) is 5.09. The second kappa shape index (κ2) is 7.91. The highest BCUT2D eigenvalue weighted by atomic mass is 32.2. The summed E-state index contributed by atoms with van der Waals surface area (Å²) in [6, 6.07) is 0. The summed E-state index contributed by atoms with van der Waals surface area (Å²) < 4.78 is 29.2. The van der Waals surface area contributed by atoms with Crippen LogP contribution in [0.1, 0.15) is 38.6 Å². The average molecular weight is 316 g/mol. The first-order valence-corrected chi connectivity index (χ1v) is 9.02. The molecule has 122 valence electrons. The van der Waals surface area contributed by atoms with Crippen molar-refractivity contribution in [1.82, 2.24) is 19.8 Å². The Morgan fingerprint density at radius 1 is 1.29 bits per heavy atom. The molecule has 1 aromatic heterocycles. The second-order valence-electron chi connectivity index (χ2n) is 5.68. The molecule has 0 saturated heterocycles. The summed E-state index contributed by atoms with van der Waals surface area (Å²) >= 11 is 0. The largest absolute Gasteiger partial charge is 0.317 e. The Bertz CT molecular complexity index is 550. The quantitative estimate of drug-likeness (QED) is 0.676. The van der Waals surface area contributed by atoms with E-state index in [1.807, 2.05) is 20.8 Å². The highest BCUT2D eigenvalue weighted by Crippen LogP contribution is 2.19. The van der Waals surface area contributed by atoms with Crippen molar-refractivity contribution in [2.24, 2.45) is 5.92 Å². The molecule has 2 N–H and O–H groups in total. The fourth-order valence-corrected chi connectivity index (χ4v) is 3.79. The van der Waals surface area contributed by atoms with Gasteiger partial charge < -0.3 is 5.32 Å². The first-order valence-electron chi connectivity index (χ1n) is 7.54. The van der Waals surface area contributed by atoms with Crippen LogP contribution in [0.3, 0.4) is 0 Å². The number of hydrogen-bond acceptors (Lipinski definition) is 4. The van der Waals surface area contributed by atoms with Crippen molar-refractivity contribution in [3.8, 4) is 0 Å². The van der Waals surface area contributed by atoms with E-state index in [2.05, 4.69) is 22.1 Å². The van der Waals surface area contributed by atoms with Crippen molar-refractivity contribution in [3.63, 3.8) is 0 Å². The standard InChI is InChI=1S/C14H28N4O2S/c1-6-15-8-7-9-18-13(5)14(12(4)17-18)21(19,20)16-10-11(2)3/h11,15-16H,6-10H2,1-5H3. The maximum Gasteiger partial charge on any atom is 0.244 e. The summed E-state index contributed by atoms with van der Waals surface area (Å²) in [5.41, 5.74) is 1.27. The Kier molecular flexibility index (Phi) is 6.83. The molecule has 0 fully saturated rings. The van der Waals surface area contributed by atoms with Crippen LogP contribution in [-0.4, -0.2) is 37.8 Å². The van der Waals surface area contributed by atoms with Crippen LogP contribution >= 0.6 is 0 Å². The van der Waals surface area contributed by atoms with E-state index in [9.17, 15) is 8.42 Å². The Labute approximate surface area is 128 Å². The molecule has 0 atom stereocenters. The number of nitrogens with one attached hydrogen (secondary N) is 2. The van der Waals surface area contributed by atoms with Crippen LogP contribution in [0.15, 0.2) is 4.90 Å². The molecule has 7 heteroatoms. The van der Waals surface area contributed by atoms with Crippen molar-refractivity contribution in [1.29, 1.82) is 0 Å². The summed E-state index contributed by atoms with van der Waals surface area (Å²) in [5.74, 6) is 0.274. The molecule has 0 aromatic carbocycles. The van der Waals surface area contributed by atoms with Gasteiger partial charge in [-0.05, 0) is 39.3 Å². The van der Waals surface area contributed by atoms with Gasteiger partial charge in [-0.3, -0.25) is 4.68 Å². The highest BCUT2D eigenvalue weighted by molar-refractivity contribution is 7.89. The molecular weight excluding hydrogens is 288 g/mol. The van der Waals surface area contributed by atoms with Crippen LogP contribution in [0.5, 0.6) is 0 Å². The molecule has 0 bridgehead atoms. The third-order valence-electron chi connectivity index (χ3n) is 3.24. The Balaban J connectivity index is 2.86. The first-order chi connectivity index (χ1) is 9.79. The van der Waals surface area contributed by atoms with Gasteiger partial charge in [-0.25, -0.2) is 13.1 Å². The second-order valence-corrected chi connectivity index (χ2v) is 7.38. The molecule has 21 heavy (non-hydrogen) atoms. The average Bonchev–Trinajstić information content (AvgIpc) is 2.68. The number of hydrogen-bond donors (Lipinski definition) is 2. The van der Waals surface area contributed by atoms with Gasteiger partial charge in [0.05, 0.1) is 11.4 Å². The summed E-state index contributed by atoms with van der Waals surface area (Å²) in [5, 5.41) is 7.62. The van der Waals surface area contributed by atoms with Crippen LogP contribution in [0, 0.1) is 19.8 Å². The number of aryl methyl sites for hydroxylation is 2. The zero-order valence-electron chi connectivity index (χ0n) is 13.7. The molecule has 0 unspecified atom stereocenters. The van der Waals surface area contributed by atoms with Crippen molar-refractivity contribution >= 4 is 10.0 Å². The molecule has 0 spiro atoms. The van der Waals surface area contributed by atoms with Crippen molar-refractivity contribution in [2.45, 2.75) is 52.5 Å².